The monoisotopic (exact) mass is 352 g/mol. The molecule has 0 spiro atoms. The van der Waals surface area contributed by atoms with Crippen LogP contribution in [0.2, 0.25) is 0 Å². The summed E-state index contributed by atoms with van der Waals surface area (Å²) < 4.78 is 33.0. The van der Waals surface area contributed by atoms with Crippen molar-refractivity contribution in [3.05, 3.63) is 34.7 Å². The highest BCUT2D eigenvalue weighted by Gasteiger charge is 2.32. The third kappa shape index (κ3) is 3.47. The summed E-state index contributed by atoms with van der Waals surface area (Å²) in [6.45, 7) is 6.49. The maximum Gasteiger partial charge on any atom is 0.243 e. The number of hydrogen-bond donors (Lipinski definition) is 0. The fraction of sp³-hybridized carbons (Fsp3) is 0.438. The fourth-order valence-electron chi connectivity index (χ4n) is 2.79. The molecule has 2 atom stereocenters. The highest BCUT2D eigenvalue weighted by atomic mass is 32.2. The molecule has 0 N–H and O–H groups in total. The van der Waals surface area contributed by atoms with Gasteiger partial charge in [0, 0.05) is 24.0 Å². The van der Waals surface area contributed by atoms with E-state index in [0.29, 0.717) is 18.0 Å². The molecule has 124 valence electrons. The van der Waals surface area contributed by atoms with E-state index in [1.54, 1.807) is 29.5 Å². The highest BCUT2D eigenvalue weighted by Crippen LogP contribution is 2.27. The molecule has 1 aliphatic rings. The quantitative estimate of drug-likeness (QED) is 0.852. The first-order valence-corrected chi connectivity index (χ1v) is 9.86. The van der Waals surface area contributed by atoms with Crippen LogP contribution < -0.4 is 0 Å². The molecular weight excluding hydrogens is 332 g/mol. The van der Waals surface area contributed by atoms with E-state index in [-0.39, 0.29) is 12.2 Å². The minimum atomic E-state index is -3.52. The van der Waals surface area contributed by atoms with E-state index in [2.05, 4.69) is 4.98 Å². The molecule has 0 amide bonds. The normalized spacial score (nSPS) is 23.1. The average Bonchev–Trinajstić information content (AvgIpc) is 2.93. The van der Waals surface area contributed by atoms with Crippen LogP contribution >= 0.6 is 11.3 Å². The second-order valence-electron chi connectivity index (χ2n) is 5.86. The largest absolute Gasteiger partial charge is 0.373 e. The van der Waals surface area contributed by atoms with E-state index in [1.807, 2.05) is 32.2 Å². The molecule has 1 saturated heterocycles. The molecule has 0 bridgehead atoms. The number of hydrogen-bond acceptors (Lipinski definition) is 5. The Morgan fingerprint density at radius 1 is 1.26 bits per heavy atom. The fourth-order valence-corrected chi connectivity index (χ4v) is 5.05. The number of sulfonamides is 1. The summed E-state index contributed by atoms with van der Waals surface area (Å²) in [6.07, 6.45) is -0.198. The highest BCUT2D eigenvalue weighted by molar-refractivity contribution is 7.89. The number of aromatic nitrogens is 1. The summed E-state index contributed by atoms with van der Waals surface area (Å²) in [5, 5.41) is 2.91. The van der Waals surface area contributed by atoms with E-state index < -0.39 is 10.0 Å². The zero-order valence-corrected chi connectivity index (χ0v) is 15.0. The van der Waals surface area contributed by atoms with Crippen molar-refractivity contribution in [3.63, 3.8) is 0 Å². The first-order valence-electron chi connectivity index (χ1n) is 7.54. The molecule has 2 heterocycles. The first-order chi connectivity index (χ1) is 10.9. The van der Waals surface area contributed by atoms with Crippen LogP contribution in [0, 0.1) is 6.92 Å². The number of ether oxygens (including phenoxy) is 1. The zero-order valence-electron chi connectivity index (χ0n) is 13.4. The molecule has 23 heavy (non-hydrogen) atoms. The molecule has 1 fully saturated rings. The van der Waals surface area contributed by atoms with Gasteiger partial charge in [-0.3, -0.25) is 0 Å². The van der Waals surface area contributed by atoms with E-state index in [0.717, 1.165) is 16.3 Å². The van der Waals surface area contributed by atoms with Gasteiger partial charge in [0.2, 0.25) is 10.0 Å². The van der Waals surface area contributed by atoms with Crippen LogP contribution in [-0.2, 0) is 14.8 Å². The maximum atomic E-state index is 12.9. The molecule has 1 aromatic carbocycles. The summed E-state index contributed by atoms with van der Waals surface area (Å²) >= 11 is 1.55. The topological polar surface area (TPSA) is 59.5 Å². The van der Waals surface area contributed by atoms with Crippen molar-refractivity contribution >= 4 is 21.4 Å². The van der Waals surface area contributed by atoms with Crippen LogP contribution in [0.25, 0.3) is 11.3 Å². The van der Waals surface area contributed by atoms with Gasteiger partial charge in [-0.25, -0.2) is 13.4 Å². The molecular formula is C16H20N2O3S2. The standard InChI is InChI=1S/C16H20N2O3S2/c1-11-8-18(9-12(2)21-11)23(19,20)15-6-4-5-14(7-15)16-10-22-13(3)17-16/h4-7,10-12H,8-9H2,1-3H3/t11-,12-/m1/s1. The number of morpholine rings is 1. The average molecular weight is 352 g/mol. The third-order valence-electron chi connectivity index (χ3n) is 3.77. The Kier molecular flexibility index (Phi) is 4.55. The minimum absolute atomic E-state index is 0.0992. The minimum Gasteiger partial charge on any atom is -0.373 e. The Labute approximate surface area is 141 Å². The van der Waals surface area contributed by atoms with Crippen molar-refractivity contribution in [3.8, 4) is 11.3 Å². The van der Waals surface area contributed by atoms with Gasteiger partial charge in [-0.1, -0.05) is 12.1 Å². The SMILES string of the molecule is Cc1nc(-c2cccc(S(=O)(=O)N3C[C@@H](C)O[C@H](C)C3)c2)cs1. The lowest BCUT2D eigenvalue weighted by atomic mass is 10.2. The van der Waals surface area contributed by atoms with E-state index in [9.17, 15) is 8.42 Å². The predicted octanol–water partition coefficient (Wildman–Crippen LogP) is 2.92. The molecule has 7 heteroatoms. The molecule has 1 aromatic heterocycles. The second-order valence-corrected chi connectivity index (χ2v) is 8.86. The van der Waals surface area contributed by atoms with Gasteiger partial charge in [0.1, 0.15) is 0 Å². The zero-order chi connectivity index (χ0) is 16.6. The van der Waals surface area contributed by atoms with Gasteiger partial charge < -0.3 is 4.74 Å². The van der Waals surface area contributed by atoms with Gasteiger partial charge in [0.15, 0.2) is 0 Å². The lowest BCUT2D eigenvalue weighted by Gasteiger charge is -2.34. The molecule has 2 aromatic rings. The number of rotatable bonds is 3. The number of thiazole rings is 1. The van der Waals surface area contributed by atoms with Crippen molar-refractivity contribution in [1.82, 2.24) is 9.29 Å². The molecule has 3 rings (SSSR count). The summed E-state index contributed by atoms with van der Waals surface area (Å²) in [4.78, 5) is 4.74. The summed E-state index contributed by atoms with van der Waals surface area (Å²) in [7, 11) is -3.52. The van der Waals surface area contributed by atoms with Gasteiger partial charge in [-0.15, -0.1) is 11.3 Å². The Hall–Kier alpha value is -1.28. The van der Waals surface area contributed by atoms with Crippen molar-refractivity contribution in [1.29, 1.82) is 0 Å². The molecule has 0 saturated carbocycles. The molecule has 0 unspecified atom stereocenters. The molecule has 5 nitrogen and oxygen atoms in total. The van der Waals surface area contributed by atoms with E-state index in [1.165, 1.54) is 4.31 Å². The number of benzene rings is 1. The Balaban J connectivity index is 1.94. The summed E-state index contributed by atoms with van der Waals surface area (Å²) in [5.41, 5.74) is 1.64. The second kappa shape index (κ2) is 6.32. The lowest BCUT2D eigenvalue weighted by Crippen LogP contribution is -2.48. The van der Waals surface area contributed by atoms with Crippen LogP contribution in [0.3, 0.4) is 0 Å². The van der Waals surface area contributed by atoms with Crippen molar-refractivity contribution in [2.45, 2.75) is 37.9 Å². The first kappa shape index (κ1) is 16.6. The van der Waals surface area contributed by atoms with E-state index >= 15 is 0 Å². The van der Waals surface area contributed by atoms with Crippen LogP contribution in [0.4, 0.5) is 0 Å². The molecule has 1 aliphatic heterocycles. The van der Waals surface area contributed by atoms with Gasteiger partial charge >= 0.3 is 0 Å². The summed E-state index contributed by atoms with van der Waals surface area (Å²) in [5.74, 6) is 0. The lowest BCUT2D eigenvalue weighted by molar-refractivity contribution is -0.0440. The van der Waals surface area contributed by atoms with Gasteiger partial charge in [-0.2, -0.15) is 4.31 Å². The summed E-state index contributed by atoms with van der Waals surface area (Å²) in [6, 6.07) is 7.00. The third-order valence-corrected chi connectivity index (χ3v) is 6.37. The number of nitrogens with zero attached hydrogens (tertiary/aromatic N) is 2. The molecule has 0 aliphatic carbocycles. The van der Waals surface area contributed by atoms with Crippen LogP contribution in [0.15, 0.2) is 34.5 Å². The molecule has 0 radical (unpaired) electrons. The van der Waals surface area contributed by atoms with Crippen LogP contribution in [0.5, 0.6) is 0 Å². The van der Waals surface area contributed by atoms with Crippen LogP contribution in [-0.4, -0.2) is 43.0 Å². The van der Waals surface area contributed by atoms with Crippen LogP contribution in [0.1, 0.15) is 18.9 Å². The van der Waals surface area contributed by atoms with Gasteiger partial charge in [-0.05, 0) is 32.9 Å². The maximum absolute atomic E-state index is 12.9. The van der Waals surface area contributed by atoms with Gasteiger partial charge in [0.05, 0.1) is 27.8 Å². The predicted molar refractivity (Wildman–Crippen MR) is 91.1 cm³/mol. The Morgan fingerprint density at radius 2 is 1.96 bits per heavy atom. The van der Waals surface area contributed by atoms with Crippen molar-refractivity contribution in [2.24, 2.45) is 0 Å². The Bertz CT molecular complexity index is 791. The number of aryl methyl sites for hydroxylation is 1. The smallest absolute Gasteiger partial charge is 0.243 e. The van der Waals surface area contributed by atoms with Gasteiger partial charge in [0.25, 0.3) is 0 Å². The van der Waals surface area contributed by atoms with Crippen molar-refractivity contribution < 1.29 is 13.2 Å². The Morgan fingerprint density at radius 3 is 2.57 bits per heavy atom. The van der Waals surface area contributed by atoms with Crippen molar-refractivity contribution in [2.75, 3.05) is 13.1 Å². The van der Waals surface area contributed by atoms with E-state index in [4.69, 9.17) is 4.74 Å².